The van der Waals surface area contributed by atoms with Crippen LogP contribution in [-0.4, -0.2) is 38.2 Å². The molecule has 2 N–H and O–H groups in total. The van der Waals surface area contributed by atoms with Gasteiger partial charge in [0.25, 0.3) is 0 Å². The Morgan fingerprint density at radius 2 is 2.12 bits per heavy atom. The van der Waals surface area contributed by atoms with Crippen LogP contribution in [0.5, 0.6) is 0 Å². The van der Waals surface area contributed by atoms with E-state index in [0.29, 0.717) is 11.1 Å². The van der Waals surface area contributed by atoms with Crippen molar-refractivity contribution < 1.29 is 4.39 Å². The number of anilines is 3. The molecule has 0 amide bonds. The summed E-state index contributed by atoms with van der Waals surface area (Å²) in [4.78, 5) is 16.2. The average Bonchev–Trinajstić information content (AvgIpc) is 3.18. The van der Waals surface area contributed by atoms with Crippen LogP contribution in [0, 0.1) is 11.7 Å². The van der Waals surface area contributed by atoms with Gasteiger partial charge in [0.2, 0.25) is 5.95 Å². The minimum atomic E-state index is -0.459. The molecule has 7 nitrogen and oxygen atoms in total. The van der Waals surface area contributed by atoms with E-state index >= 15 is 0 Å². The van der Waals surface area contributed by atoms with Crippen LogP contribution in [0.4, 0.5) is 21.3 Å². The number of aromatic amines is 1. The number of halogens is 1. The van der Waals surface area contributed by atoms with Crippen LogP contribution < -0.4 is 10.2 Å². The molecule has 0 unspecified atom stereocenters. The second-order valence-corrected chi connectivity index (χ2v) is 7.50. The zero-order chi connectivity index (χ0) is 16.8. The summed E-state index contributed by atoms with van der Waals surface area (Å²) in [5, 5.41) is 11.1. The molecule has 5 rings (SSSR count). The molecule has 0 atom stereocenters. The van der Waals surface area contributed by atoms with Crippen LogP contribution in [0.15, 0.2) is 18.6 Å². The van der Waals surface area contributed by atoms with Gasteiger partial charge in [0.1, 0.15) is 5.82 Å². The van der Waals surface area contributed by atoms with Crippen molar-refractivity contribution >= 4 is 28.2 Å². The lowest BCUT2D eigenvalue weighted by Crippen LogP contribution is -2.27. The molecule has 0 spiro atoms. The quantitative estimate of drug-likeness (QED) is 0.747. The van der Waals surface area contributed by atoms with Crippen molar-refractivity contribution in [2.75, 3.05) is 23.3 Å². The zero-order valence-corrected chi connectivity index (χ0v) is 14.2. The Hall–Kier alpha value is -2.55. The fourth-order valence-corrected chi connectivity index (χ4v) is 4.05. The van der Waals surface area contributed by atoms with Gasteiger partial charge in [-0.25, -0.2) is 19.3 Å². The topological polar surface area (TPSA) is 82.6 Å². The summed E-state index contributed by atoms with van der Waals surface area (Å²) < 4.78 is 12.9. The number of hydrogen-bond acceptors (Lipinski definition) is 7. The molecule has 0 aromatic carbocycles. The number of hydrogen-bond donors (Lipinski definition) is 2. The van der Waals surface area contributed by atoms with Crippen molar-refractivity contribution in [3.8, 4) is 11.3 Å². The number of nitrogens with one attached hydrogen (secondary N) is 2. The normalized spacial score (nSPS) is 16.3. The van der Waals surface area contributed by atoms with E-state index in [2.05, 4.69) is 30.4 Å². The summed E-state index contributed by atoms with van der Waals surface area (Å²) in [6.07, 6.45) is 7.71. The van der Waals surface area contributed by atoms with E-state index in [1.54, 1.807) is 11.3 Å². The zero-order valence-electron chi connectivity index (χ0n) is 13.4. The largest absolute Gasteiger partial charge is 0.356 e. The molecule has 0 saturated heterocycles. The van der Waals surface area contributed by atoms with Gasteiger partial charge in [-0.1, -0.05) is 0 Å². The van der Waals surface area contributed by atoms with Gasteiger partial charge in [0.05, 0.1) is 29.8 Å². The van der Waals surface area contributed by atoms with Gasteiger partial charge in [-0.3, -0.25) is 5.10 Å². The molecule has 1 saturated carbocycles. The number of nitrogens with zero attached hydrogens (tertiary/aromatic N) is 5. The van der Waals surface area contributed by atoms with E-state index in [4.69, 9.17) is 4.98 Å². The first kappa shape index (κ1) is 14.8. The van der Waals surface area contributed by atoms with E-state index < -0.39 is 5.82 Å². The van der Waals surface area contributed by atoms with E-state index in [1.165, 1.54) is 17.7 Å². The van der Waals surface area contributed by atoms with Gasteiger partial charge < -0.3 is 10.2 Å². The van der Waals surface area contributed by atoms with Crippen LogP contribution >= 0.6 is 11.3 Å². The van der Waals surface area contributed by atoms with Gasteiger partial charge >= 0.3 is 0 Å². The molecule has 3 aromatic heterocycles. The summed E-state index contributed by atoms with van der Waals surface area (Å²) in [5.41, 5.74) is 1.99. The first-order chi connectivity index (χ1) is 12.3. The minimum Gasteiger partial charge on any atom is -0.356 e. The molecule has 1 fully saturated rings. The van der Waals surface area contributed by atoms with Crippen molar-refractivity contribution in [2.24, 2.45) is 5.92 Å². The van der Waals surface area contributed by atoms with Crippen LogP contribution in [0.25, 0.3) is 11.3 Å². The van der Waals surface area contributed by atoms with Gasteiger partial charge in [-0.2, -0.15) is 5.10 Å². The third-order valence-corrected chi connectivity index (χ3v) is 5.54. The predicted molar refractivity (Wildman–Crippen MR) is 93.6 cm³/mol. The second kappa shape index (κ2) is 5.76. The maximum Gasteiger partial charge on any atom is 0.229 e. The maximum absolute atomic E-state index is 12.9. The molecular weight excluding hydrogens is 341 g/mol. The molecule has 3 aromatic rings. The molecule has 9 heteroatoms. The molecule has 25 heavy (non-hydrogen) atoms. The van der Waals surface area contributed by atoms with E-state index in [1.807, 2.05) is 6.20 Å². The first-order valence-electron chi connectivity index (χ1n) is 8.29. The molecule has 1 aliphatic carbocycles. The highest BCUT2D eigenvalue weighted by Gasteiger charge is 2.30. The standard InChI is InChI=1S/C16H16FN7S/c17-10-5-18-15(19-6-10)22-16-21-13-11-7-20-23-14(11)24(8-9-1-2-9)4-3-12(13)25-16/h5-7,9H,1-4,8H2,(H,20,23)(H,18,19,21,22). The number of aromatic nitrogens is 5. The van der Waals surface area contributed by atoms with Crippen LogP contribution in [0.3, 0.4) is 0 Å². The van der Waals surface area contributed by atoms with E-state index in [-0.39, 0.29) is 0 Å². The summed E-state index contributed by atoms with van der Waals surface area (Å²) in [7, 11) is 0. The number of H-pyrrole nitrogens is 1. The predicted octanol–water partition coefficient (Wildman–Crippen LogP) is 2.98. The fourth-order valence-electron chi connectivity index (χ4n) is 3.09. The Balaban J connectivity index is 1.45. The van der Waals surface area contributed by atoms with Crippen molar-refractivity contribution in [1.82, 2.24) is 25.1 Å². The minimum absolute atomic E-state index is 0.341. The van der Waals surface area contributed by atoms with Crippen molar-refractivity contribution in [2.45, 2.75) is 19.3 Å². The first-order valence-corrected chi connectivity index (χ1v) is 9.11. The highest BCUT2D eigenvalue weighted by Crippen LogP contribution is 2.40. The Bertz CT molecular complexity index is 900. The van der Waals surface area contributed by atoms with Crippen molar-refractivity contribution in [3.05, 3.63) is 29.3 Å². The highest BCUT2D eigenvalue weighted by atomic mass is 32.1. The van der Waals surface area contributed by atoms with Gasteiger partial charge in [0.15, 0.2) is 10.9 Å². The summed E-state index contributed by atoms with van der Waals surface area (Å²) >= 11 is 1.59. The molecule has 2 aliphatic rings. The molecule has 128 valence electrons. The highest BCUT2D eigenvalue weighted by molar-refractivity contribution is 7.16. The average molecular weight is 357 g/mol. The molecule has 0 radical (unpaired) electrons. The maximum atomic E-state index is 12.9. The lowest BCUT2D eigenvalue weighted by atomic mass is 10.2. The molecule has 0 bridgehead atoms. The van der Waals surface area contributed by atoms with E-state index in [0.717, 1.165) is 54.9 Å². The van der Waals surface area contributed by atoms with Crippen molar-refractivity contribution in [3.63, 3.8) is 0 Å². The summed E-state index contributed by atoms with van der Waals surface area (Å²) in [6, 6.07) is 0. The Morgan fingerprint density at radius 3 is 2.92 bits per heavy atom. The fraction of sp³-hybridized carbons (Fsp3) is 0.375. The Morgan fingerprint density at radius 1 is 1.28 bits per heavy atom. The van der Waals surface area contributed by atoms with Gasteiger partial charge in [0, 0.05) is 24.4 Å². The molecule has 1 aliphatic heterocycles. The van der Waals surface area contributed by atoms with E-state index in [9.17, 15) is 4.39 Å². The number of rotatable bonds is 4. The smallest absolute Gasteiger partial charge is 0.229 e. The molecular formula is C16H16FN7S. The third-order valence-electron chi connectivity index (χ3n) is 4.51. The SMILES string of the molecule is Fc1cnc(Nc2nc3c(s2)CCN(CC2CC2)c2[nH]ncc2-3)nc1. The third kappa shape index (κ3) is 2.84. The summed E-state index contributed by atoms with van der Waals surface area (Å²) in [6.45, 7) is 2.03. The Kier molecular flexibility index (Phi) is 3.40. The lowest BCUT2D eigenvalue weighted by Gasteiger charge is -2.21. The van der Waals surface area contributed by atoms with Crippen LogP contribution in [0.2, 0.25) is 0 Å². The number of thiazole rings is 1. The van der Waals surface area contributed by atoms with Gasteiger partial charge in [-0.05, 0) is 18.8 Å². The number of fused-ring (bicyclic) bond motifs is 3. The van der Waals surface area contributed by atoms with Crippen LogP contribution in [-0.2, 0) is 6.42 Å². The van der Waals surface area contributed by atoms with Crippen molar-refractivity contribution in [1.29, 1.82) is 0 Å². The van der Waals surface area contributed by atoms with Gasteiger partial charge in [-0.15, -0.1) is 11.3 Å². The Labute approximate surface area is 147 Å². The van der Waals surface area contributed by atoms with Crippen LogP contribution in [0.1, 0.15) is 17.7 Å². The monoisotopic (exact) mass is 357 g/mol. The summed E-state index contributed by atoms with van der Waals surface area (Å²) in [5.74, 6) is 1.75. The lowest BCUT2D eigenvalue weighted by molar-refractivity contribution is 0.614. The molecule has 4 heterocycles. The second-order valence-electron chi connectivity index (χ2n) is 6.41.